The normalized spacial score (nSPS) is 14.2. The van der Waals surface area contributed by atoms with Gasteiger partial charge in [-0.15, -0.1) is 0 Å². The van der Waals surface area contributed by atoms with Crippen molar-refractivity contribution in [3.8, 4) is 11.1 Å². The van der Waals surface area contributed by atoms with Gasteiger partial charge in [-0.3, -0.25) is 14.6 Å². The molecule has 9 nitrogen and oxygen atoms in total. The Hall–Kier alpha value is -4.16. The molecule has 1 aliphatic heterocycles. The van der Waals surface area contributed by atoms with Gasteiger partial charge >= 0.3 is 0 Å². The van der Waals surface area contributed by atoms with Crippen molar-refractivity contribution in [2.75, 3.05) is 49.0 Å². The molecule has 6 rings (SSSR count). The summed E-state index contributed by atoms with van der Waals surface area (Å²) in [6.07, 6.45) is 3.37. The van der Waals surface area contributed by atoms with Crippen molar-refractivity contribution in [3.05, 3.63) is 107 Å². The molecule has 0 atom stereocenters. The summed E-state index contributed by atoms with van der Waals surface area (Å²) in [5.41, 5.74) is 5.40. The van der Waals surface area contributed by atoms with Gasteiger partial charge in [0.15, 0.2) is 5.15 Å². The van der Waals surface area contributed by atoms with Crippen LogP contribution in [0.5, 0.6) is 0 Å². The Morgan fingerprint density at radius 3 is 2.40 bits per heavy atom. The van der Waals surface area contributed by atoms with Crippen LogP contribution in [0.15, 0.2) is 90.1 Å². The predicted octanol–water partition coefficient (Wildman–Crippen LogP) is 5.93. The van der Waals surface area contributed by atoms with E-state index in [2.05, 4.69) is 55.7 Å². The van der Waals surface area contributed by atoms with Gasteiger partial charge < -0.3 is 9.64 Å². The second-order valence-corrected chi connectivity index (χ2v) is 13.0. The Morgan fingerprint density at radius 2 is 1.64 bits per heavy atom. The molecule has 1 saturated heterocycles. The third kappa shape index (κ3) is 7.56. The third-order valence-corrected chi connectivity index (χ3v) is 9.39. The molecule has 5 aromatic rings. The van der Waals surface area contributed by atoms with Crippen molar-refractivity contribution in [2.45, 2.75) is 18.4 Å². The van der Waals surface area contributed by atoms with Gasteiger partial charge in [0.05, 0.1) is 41.0 Å². The molecule has 3 aromatic carbocycles. The largest absolute Gasteiger partial charge is 0.375 e. The van der Waals surface area contributed by atoms with Crippen LogP contribution in [0.2, 0.25) is 5.15 Å². The van der Waals surface area contributed by atoms with E-state index in [-0.39, 0.29) is 15.7 Å². The molecule has 1 aliphatic rings. The number of piperazine rings is 1. The predicted molar refractivity (Wildman–Crippen MR) is 174 cm³/mol. The second kappa shape index (κ2) is 13.5. The number of hydrogen-bond donors (Lipinski definition) is 1. The standard InChI is InChI=1S/C33H32ClFN6O3S/c1-23-2-4-24(5-3-23)22-44-17-16-40-12-14-41(15-13-40)32-21-36-29-11-6-25(18-30(29)38-32)26-19-31(33(34)37-20-26)39-45(42,43)28-9-7-27(35)8-10-28/h2-11,18-21,39H,12-17,22H2,1H3. The first-order valence-corrected chi connectivity index (χ1v) is 16.4. The Bertz CT molecular complexity index is 1900. The van der Waals surface area contributed by atoms with Crippen molar-refractivity contribution in [1.82, 2.24) is 19.9 Å². The maximum atomic E-state index is 13.3. The molecule has 0 saturated carbocycles. The number of sulfonamides is 1. The first kappa shape index (κ1) is 30.8. The molecule has 232 valence electrons. The molecule has 2 aromatic heterocycles. The summed E-state index contributed by atoms with van der Waals surface area (Å²) >= 11 is 6.24. The van der Waals surface area contributed by atoms with E-state index >= 15 is 0 Å². The zero-order valence-corrected chi connectivity index (χ0v) is 26.2. The van der Waals surface area contributed by atoms with Crippen LogP contribution in [0.4, 0.5) is 15.9 Å². The number of pyridine rings is 1. The van der Waals surface area contributed by atoms with E-state index in [4.69, 9.17) is 21.3 Å². The lowest BCUT2D eigenvalue weighted by molar-refractivity contribution is 0.0906. The molecule has 3 heterocycles. The fourth-order valence-electron chi connectivity index (χ4n) is 5.10. The second-order valence-electron chi connectivity index (χ2n) is 10.9. The zero-order chi connectivity index (χ0) is 31.4. The summed E-state index contributed by atoms with van der Waals surface area (Å²) < 4.78 is 47.4. The maximum absolute atomic E-state index is 13.3. The number of ether oxygens (including phenoxy) is 1. The van der Waals surface area contributed by atoms with Crippen LogP contribution in [0.25, 0.3) is 22.2 Å². The van der Waals surface area contributed by atoms with Crippen molar-refractivity contribution < 1.29 is 17.5 Å². The summed E-state index contributed by atoms with van der Waals surface area (Å²) in [6.45, 7) is 7.73. The van der Waals surface area contributed by atoms with Crippen molar-refractivity contribution >= 4 is 44.2 Å². The highest BCUT2D eigenvalue weighted by molar-refractivity contribution is 7.92. The summed E-state index contributed by atoms with van der Waals surface area (Å²) in [5.74, 6) is 0.271. The lowest BCUT2D eigenvalue weighted by Gasteiger charge is -2.35. The number of benzene rings is 3. The fourth-order valence-corrected chi connectivity index (χ4v) is 6.36. The first-order chi connectivity index (χ1) is 21.7. The molecule has 0 amide bonds. The van der Waals surface area contributed by atoms with E-state index < -0.39 is 15.8 Å². The minimum absolute atomic E-state index is 0.00993. The molecule has 0 radical (unpaired) electrons. The van der Waals surface area contributed by atoms with E-state index in [0.29, 0.717) is 24.3 Å². The van der Waals surface area contributed by atoms with Gasteiger partial charge in [-0.25, -0.2) is 22.8 Å². The van der Waals surface area contributed by atoms with E-state index in [1.54, 1.807) is 18.5 Å². The van der Waals surface area contributed by atoms with Crippen LogP contribution in [0.1, 0.15) is 11.1 Å². The Morgan fingerprint density at radius 1 is 0.889 bits per heavy atom. The number of halogens is 2. The molecule has 0 spiro atoms. The highest BCUT2D eigenvalue weighted by Gasteiger charge is 2.20. The molecule has 0 aliphatic carbocycles. The lowest BCUT2D eigenvalue weighted by atomic mass is 10.1. The summed E-state index contributed by atoms with van der Waals surface area (Å²) in [7, 11) is -4.01. The maximum Gasteiger partial charge on any atom is 0.261 e. The highest BCUT2D eigenvalue weighted by atomic mass is 35.5. The number of aryl methyl sites for hydroxylation is 1. The van der Waals surface area contributed by atoms with E-state index in [1.165, 1.54) is 23.3 Å². The number of hydrogen-bond acceptors (Lipinski definition) is 8. The van der Waals surface area contributed by atoms with E-state index in [0.717, 1.165) is 61.8 Å². The average Bonchev–Trinajstić information content (AvgIpc) is 3.05. The van der Waals surface area contributed by atoms with Crippen molar-refractivity contribution in [3.63, 3.8) is 0 Å². The lowest BCUT2D eigenvalue weighted by Crippen LogP contribution is -2.47. The van der Waals surface area contributed by atoms with Crippen LogP contribution in [0.3, 0.4) is 0 Å². The molecule has 45 heavy (non-hydrogen) atoms. The van der Waals surface area contributed by atoms with E-state index in [1.807, 2.05) is 18.2 Å². The molecular weight excluding hydrogens is 615 g/mol. The van der Waals surface area contributed by atoms with Gasteiger partial charge in [-0.1, -0.05) is 47.5 Å². The zero-order valence-electron chi connectivity index (χ0n) is 24.7. The van der Waals surface area contributed by atoms with Crippen LogP contribution in [-0.2, 0) is 21.4 Å². The molecule has 1 fully saturated rings. The van der Waals surface area contributed by atoms with Gasteiger partial charge in [0.25, 0.3) is 10.0 Å². The minimum Gasteiger partial charge on any atom is -0.375 e. The Kier molecular flexibility index (Phi) is 9.22. The summed E-state index contributed by atoms with van der Waals surface area (Å²) in [4.78, 5) is 18.3. The van der Waals surface area contributed by atoms with Crippen molar-refractivity contribution in [2.24, 2.45) is 0 Å². The average molecular weight is 647 g/mol. The van der Waals surface area contributed by atoms with Crippen LogP contribution in [0, 0.1) is 12.7 Å². The van der Waals surface area contributed by atoms with Gasteiger partial charge in [0.2, 0.25) is 0 Å². The first-order valence-electron chi connectivity index (χ1n) is 14.6. The number of nitrogens with zero attached hydrogens (tertiary/aromatic N) is 5. The van der Waals surface area contributed by atoms with Crippen LogP contribution >= 0.6 is 11.6 Å². The van der Waals surface area contributed by atoms with Gasteiger partial charge in [0, 0.05) is 44.5 Å². The topological polar surface area (TPSA) is 101 Å². The smallest absolute Gasteiger partial charge is 0.261 e. The number of nitrogens with one attached hydrogen (secondary N) is 1. The van der Waals surface area contributed by atoms with Crippen molar-refractivity contribution in [1.29, 1.82) is 0 Å². The molecule has 0 unspecified atom stereocenters. The fraction of sp³-hybridized carbons (Fsp3) is 0.242. The SMILES string of the molecule is Cc1ccc(COCCN2CCN(c3cnc4ccc(-c5cnc(Cl)c(NS(=O)(=O)c6ccc(F)cc6)c5)cc4n3)CC2)cc1. The highest BCUT2D eigenvalue weighted by Crippen LogP contribution is 2.30. The Labute approximate surface area is 266 Å². The molecule has 1 N–H and O–H groups in total. The number of rotatable bonds is 10. The summed E-state index contributed by atoms with van der Waals surface area (Å²) in [5, 5.41) is -0.00993. The summed E-state index contributed by atoms with van der Waals surface area (Å²) in [6, 6.07) is 20.2. The third-order valence-electron chi connectivity index (χ3n) is 7.71. The van der Waals surface area contributed by atoms with Gasteiger partial charge in [-0.05, 0) is 60.5 Å². The number of aromatic nitrogens is 3. The molecule has 0 bridgehead atoms. The quantitative estimate of drug-likeness (QED) is 0.147. The van der Waals surface area contributed by atoms with E-state index in [9.17, 15) is 12.8 Å². The molecule has 12 heteroatoms. The monoisotopic (exact) mass is 646 g/mol. The van der Waals surface area contributed by atoms with Crippen LogP contribution < -0.4 is 9.62 Å². The Balaban J connectivity index is 1.10. The van der Waals surface area contributed by atoms with Crippen LogP contribution in [-0.4, -0.2) is 67.6 Å². The molecular formula is C33H32ClFN6O3S. The number of anilines is 2. The van der Waals surface area contributed by atoms with Gasteiger partial charge in [0.1, 0.15) is 11.6 Å². The number of fused-ring (bicyclic) bond motifs is 1. The minimum atomic E-state index is -4.01. The van der Waals surface area contributed by atoms with Gasteiger partial charge in [-0.2, -0.15) is 0 Å².